The highest BCUT2D eigenvalue weighted by atomic mass is 35.5. The maximum absolute atomic E-state index is 13.8. The lowest BCUT2D eigenvalue weighted by Crippen LogP contribution is -2.24. The highest BCUT2D eigenvalue weighted by molar-refractivity contribution is 7.99. The van der Waals surface area contributed by atoms with Gasteiger partial charge in [0.2, 0.25) is 5.91 Å². The largest absolute Gasteiger partial charge is 0.345 e. The van der Waals surface area contributed by atoms with Gasteiger partial charge < -0.3 is 10.6 Å². The molecule has 0 saturated carbocycles. The average molecular weight is 548 g/mol. The van der Waals surface area contributed by atoms with Crippen molar-refractivity contribution >= 4 is 52.5 Å². The summed E-state index contributed by atoms with van der Waals surface area (Å²) in [6.45, 7) is -0.0510. The van der Waals surface area contributed by atoms with E-state index in [0.29, 0.717) is 21.7 Å². The van der Waals surface area contributed by atoms with Crippen molar-refractivity contribution in [3.8, 4) is 5.69 Å². The summed E-state index contributed by atoms with van der Waals surface area (Å²) in [4.78, 5) is 24.9. The summed E-state index contributed by atoms with van der Waals surface area (Å²) in [5.41, 5.74) is 0.756. The fraction of sp³-hybridized carbons (Fsp3) is 0.0833. The van der Waals surface area contributed by atoms with Gasteiger partial charge in [-0.05, 0) is 48.5 Å². The molecule has 0 bridgehead atoms. The minimum Gasteiger partial charge on any atom is -0.345 e. The van der Waals surface area contributed by atoms with Gasteiger partial charge in [-0.1, -0.05) is 53.2 Å². The van der Waals surface area contributed by atoms with Crippen LogP contribution in [-0.2, 0) is 11.3 Å². The number of anilines is 1. The number of hydrogen-bond donors (Lipinski definition) is 2. The molecule has 4 aromatic rings. The number of para-hydroxylation sites is 1. The summed E-state index contributed by atoms with van der Waals surface area (Å²) in [6.07, 6.45) is 0. The Bertz CT molecular complexity index is 1430. The van der Waals surface area contributed by atoms with Gasteiger partial charge in [0.1, 0.15) is 11.6 Å². The van der Waals surface area contributed by atoms with Crippen molar-refractivity contribution in [3.05, 3.63) is 99.8 Å². The first-order valence-corrected chi connectivity index (χ1v) is 12.2. The number of hydrogen-bond acceptors (Lipinski definition) is 5. The molecule has 12 heteroatoms. The lowest BCUT2D eigenvalue weighted by atomic mass is 10.2. The number of thioether (sulfide) groups is 1. The fourth-order valence-electron chi connectivity index (χ4n) is 3.16. The van der Waals surface area contributed by atoms with Crippen molar-refractivity contribution in [2.45, 2.75) is 11.7 Å². The van der Waals surface area contributed by atoms with Crippen LogP contribution in [0.2, 0.25) is 10.0 Å². The number of amides is 2. The first kappa shape index (κ1) is 25.6. The van der Waals surface area contributed by atoms with Crippen LogP contribution in [0.5, 0.6) is 0 Å². The lowest BCUT2D eigenvalue weighted by Gasteiger charge is -2.12. The van der Waals surface area contributed by atoms with E-state index in [1.54, 1.807) is 28.8 Å². The summed E-state index contributed by atoms with van der Waals surface area (Å²) in [5.74, 6) is -1.80. The van der Waals surface area contributed by atoms with Crippen LogP contribution in [0.4, 0.5) is 14.5 Å². The van der Waals surface area contributed by atoms with Crippen molar-refractivity contribution in [3.63, 3.8) is 0 Å². The quantitative estimate of drug-likeness (QED) is 0.284. The second-order valence-corrected chi connectivity index (χ2v) is 9.10. The van der Waals surface area contributed by atoms with E-state index in [1.807, 2.05) is 0 Å². The molecule has 1 heterocycles. The number of halogens is 4. The van der Waals surface area contributed by atoms with E-state index >= 15 is 0 Å². The summed E-state index contributed by atoms with van der Waals surface area (Å²) in [5, 5.41) is 14.4. The number of carbonyl (C=O) groups excluding carboxylic acids is 2. The molecular formula is C24H17Cl2F2N5O2S. The molecule has 0 aliphatic rings. The van der Waals surface area contributed by atoms with Gasteiger partial charge in [-0.25, -0.2) is 8.78 Å². The molecule has 0 radical (unpaired) electrons. The molecular weight excluding hydrogens is 531 g/mol. The molecule has 0 unspecified atom stereocenters. The SMILES string of the molecule is O=C(CSc1nnc(CNC(=O)c2cccc(F)c2)n1-c1ccc(Cl)c(Cl)c1)Nc1ccccc1F. The Morgan fingerprint density at radius 3 is 2.50 bits per heavy atom. The van der Waals surface area contributed by atoms with Gasteiger partial charge in [0.25, 0.3) is 5.91 Å². The van der Waals surface area contributed by atoms with Gasteiger partial charge in [-0.3, -0.25) is 14.2 Å². The molecule has 0 atom stereocenters. The molecule has 0 fully saturated rings. The van der Waals surface area contributed by atoms with E-state index < -0.39 is 23.4 Å². The van der Waals surface area contributed by atoms with Crippen molar-refractivity contribution < 1.29 is 18.4 Å². The standard InChI is InChI=1S/C24H17Cl2F2N5O2S/c25-17-9-8-16(11-18(17)26)33-21(12-29-23(35)14-4-3-5-15(27)10-14)31-32-24(33)36-13-22(34)30-20-7-2-1-6-19(20)28/h1-11H,12-13H2,(H,29,35)(H,30,34). The molecule has 0 saturated heterocycles. The lowest BCUT2D eigenvalue weighted by molar-refractivity contribution is -0.113. The zero-order chi connectivity index (χ0) is 25.7. The molecule has 1 aromatic heterocycles. The Hall–Kier alpha value is -3.47. The van der Waals surface area contributed by atoms with Gasteiger partial charge >= 0.3 is 0 Å². The van der Waals surface area contributed by atoms with Crippen molar-refractivity contribution in [2.75, 3.05) is 11.1 Å². The Labute approximate surface area is 218 Å². The second-order valence-electron chi connectivity index (χ2n) is 7.34. The van der Waals surface area contributed by atoms with E-state index in [-0.39, 0.29) is 28.6 Å². The first-order chi connectivity index (χ1) is 17.3. The van der Waals surface area contributed by atoms with Gasteiger partial charge in [0.15, 0.2) is 11.0 Å². The van der Waals surface area contributed by atoms with Crippen LogP contribution in [0.1, 0.15) is 16.2 Å². The third kappa shape index (κ3) is 6.20. The van der Waals surface area contributed by atoms with Crippen LogP contribution < -0.4 is 10.6 Å². The number of nitrogens with zero attached hydrogens (tertiary/aromatic N) is 3. The zero-order valence-electron chi connectivity index (χ0n) is 18.3. The van der Waals surface area contributed by atoms with Crippen LogP contribution in [0, 0.1) is 11.6 Å². The van der Waals surface area contributed by atoms with E-state index in [4.69, 9.17) is 23.2 Å². The van der Waals surface area contributed by atoms with Crippen LogP contribution in [0.25, 0.3) is 5.69 Å². The van der Waals surface area contributed by atoms with Crippen LogP contribution in [-0.4, -0.2) is 32.3 Å². The van der Waals surface area contributed by atoms with Crippen LogP contribution in [0.3, 0.4) is 0 Å². The van der Waals surface area contributed by atoms with E-state index in [1.165, 1.54) is 36.4 Å². The Morgan fingerprint density at radius 2 is 1.75 bits per heavy atom. The minimum atomic E-state index is -0.550. The molecule has 0 aliphatic heterocycles. The third-order valence-corrected chi connectivity index (χ3v) is 6.50. The zero-order valence-corrected chi connectivity index (χ0v) is 20.7. The average Bonchev–Trinajstić information content (AvgIpc) is 3.27. The predicted octanol–water partition coefficient (Wildman–Crippen LogP) is 5.51. The Morgan fingerprint density at radius 1 is 0.944 bits per heavy atom. The monoisotopic (exact) mass is 547 g/mol. The number of rotatable bonds is 8. The van der Waals surface area contributed by atoms with Crippen LogP contribution >= 0.6 is 35.0 Å². The van der Waals surface area contributed by atoms with Crippen molar-refractivity contribution in [2.24, 2.45) is 0 Å². The molecule has 2 N–H and O–H groups in total. The fourth-order valence-corrected chi connectivity index (χ4v) is 4.22. The Kier molecular flexibility index (Phi) is 8.19. The summed E-state index contributed by atoms with van der Waals surface area (Å²) < 4.78 is 28.9. The summed E-state index contributed by atoms with van der Waals surface area (Å²) in [7, 11) is 0. The smallest absolute Gasteiger partial charge is 0.251 e. The van der Waals surface area contributed by atoms with E-state index in [0.717, 1.165) is 17.8 Å². The van der Waals surface area contributed by atoms with Gasteiger partial charge in [0, 0.05) is 5.56 Å². The maximum Gasteiger partial charge on any atom is 0.251 e. The molecule has 36 heavy (non-hydrogen) atoms. The normalized spacial score (nSPS) is 10.8. The van der Waals surface area contributed by atoms with Crippen molar-refractivity contribution in [1.82, 2.24) is 20.1 Å². The maximum atomic E-state index is 13.8. The van der Waals surface area contributed by atoms with Gasteiger partial charge in [0.05, 0.1) is 33.7 Å². The number of nitrogens with one attached hydrogen (secondary N) is 2. The first-order valence-electron chi connectivity index (χ1n) is 10.4. The summed E-state index contributed by atoms with van der Waals surface area (Å²) >= 11 is 13.3. The number of carbonyl (C=O) groups is 2. The van der Waals surface area contributed by atoms with Gasteiger partial charge in [-0.2, -0.15) is 0 Å². The molecule has 2 amide bonds. The van der Waals surface area contributed by atoms with Crippen LogP contribution in [0.15, 0.2) is 71.9 Å². The predicted molar refractivity (Wildman–Crippen MR) is 135 cm³/mol. The molecule has 0 spiro atoms. The van der Waals surface area contributed by atoms with E-state index in [2.05, 4.69) is 20.8 Å². The summed E-state index contributed by atoms with van der Waals surface area (Å²) in [6, 6.07) is 16.0. The molecule has 0 aliphatic carbocycles. The number of benzene rings is 3. The minimum absolute atomic E-state index is 0.0510. The third-order valence-electron chi connectivity index (χ3n) is 4.84. The Balaban J connectivity index is 1.54. The topological polar surface area (TPSA) is 88.9 Å². The highest BCUT2D eigenvalue weighted by Gasteiger charge is 2.18. The molecule has 4 rings (SSSR count). The molecule has 184 valence electrons. The molecule has 3 aromatic carbocycles. The van der Waals surface area contributed by atoms with E-state index in [9.17, 15) is 18.4 Å². The highest BCUT2D eigenvalue weighted by Crippen LogP contribution is 2.28. The van der Waals surface area contributed by atoms with Gasteiger partial charge in [-0.15, -0.1) is 10.2 Å². The second kappa shape index (κ2) is 11.5. The number of aromatic nitrogens is 3. The molecule has 7 nitrogen and oxygen atoms in total. The van der Waals surface area contributed by atoms with Crippen molar-refractivity contribution in [1.29, 1.82) is 0 Å².